The molecule has 2 unspecified atom stereocenters. The molecule has 1 aliphatic carbocycles. The normalized spacial score (nSPS) is 17.7. The van der Waals surface area contributed by atoms with Crippen molar-refractivity contribution in [1.82, 2.24) is 0 Å². The Balaban J connectivity index is 1.54. The van der Waals surface area contributed by atoms with E-state index in [1.165, 1.54) is 43.3 Å². The second kappa shape index (κ2) is 10.8. The molecular weight excluding hydrogens is 585 g/mol. The Labute approximate surface area is 237 Å². The number of hydrogen-bond donors (Lipinski definition) is 2. The quantitative estimate of drug-likeness (QED) is 0.215. The average Bonchev–Trinajstić information content (AvgIpc) is 3.38. The number of alkyl halides is 2. The first-order valence-electron chi connectivity index (χ1n) is 10.9. The van der Waals surface area contributed by atoms with Crippen LogP contribution in [0.1, 0.15) is 34.3 Å². The van der Waals surface area contributed by atoms with Gasteiger partial charge in [0.1, 0.15) is 10.2 Å². The number of nitrogens with one attached hydrogen (secondary N) is 2. The van der Waals surface area contributed by atoms with Crippen molar-refractivity contribution in [3.63, 3.8) is 0 Å². The van der Waals surface area contributed by atoms with Crippen molar-refractivity contribution in [1.29, 1.82) is 0 Å². The maximum atomic E-state index is 14.5. The van der Waals surface area contributed by atoms with Crippen LogP contribution in [0.25, 0.3) is 0 Å². The van der Waals surface area contributed by atoms with Gasteiger partial charge in [-0.15, -0.1) is 23.2 Å². The molecule has 1 fully saturated rings. The van der Waals surface area contributed by atoms with Crippen LogP contribution in [0.15, 0.2) is 54.6 Å². The van der Waals surface area contributed by atoms with Crippen LogP contribution in [0.3, 0.4) is 0 Å². The van der Waals surface area contributed by atoms with E-state index in [0.29, 0.717) is 15.6 Å². The minimum atomic E-state index is -1.38. The van der Waals surface area contributed by atoms with Crippen LogP contribution in [-0.2, 0) is 16.0 Å². The van der Waals surface area contributed by atoms with Crippen molar-refractivity contribution in [2.75, 3.05) is 10.6 Å². The number of halogens is 6. The summed E-state index contributed by atoms with van der Waals surface area (Å²) in [4.78, 5) is 37.6. The predicted molar refractivity (Wildman–Crippen MR) is 146 cm³/mol. The zero-order chi connectivity index (χ0) is 27.1. The van der Waals surface area contributed by atoms with Crippen molar-refractivity contribution in [3.05, 3.63) is 92.2 Å². The summed E-state index contributed by atoms with van der Waals surface area (Å²) in [6.07, 6.45) is -0.369. The molecule has 3 aromatic rings. The Morgan fingerprint density at radius 3 is 2.27 bits per heavy atom. The van der Waals surface area contributed by atoms with E-state index in [9.17, 15) is 18.8 Å². The third kappa shape index (κ3) is 6.05. The summed E-state index contributed by atoms with van der Waals surface area (Å²) in [6, 6.07) is 13.3. The summed E-state index contributed by atoms with van der Waals surface area (Å²) in [7, 11) is 0. The van der Waals surface area contributed by atoms with Gasteiger partial charge >= 0.3 is 0 Å². The SMILES string of the molecule is CC(=O)Nc1cccc(F)c1CC(=O)c1cc(NC(=O)C2C(c3cc(Cl)cc(Cl)c3)C2(Cl)Cl)ccc1Cl. The number of benzene rings is 3. The third-order valence-electron chi connectivity index (χ3n) is 5.88. The Morgan fingerprint density at radius 1 is 0.946 bits per heavy atom. The van der Waals surface area contributed by atoms with Crippen molar-refractivity contribution in [3.8, 4) is 0 Å². The fraction of sp³-hybridized carbons (Fsp3) is 0.192. The second-order valence-electron chi connectivity index (χ2n) is 8.56. The largest absolute Gasteiger partial charge is 0.326 e. The first kappa shape index (κ1) is 27.7. The maximum absolute atomic E-state index is 14.5. The Kier molecular flexibility index (Phi) is 8.07. The zero-order valence-corrected chi connectivity index (χ0v) is 22.8. The van der Waals surface area contributed by atoms with Gasteiger partial charge in [0.05, 0.1) is 10.9 Å². The number of amides is 2. The van der Waals surface area contributed by atoms with Crippen LogP contribution < -0.4 is 10.6 Å². The van der Waals surface area contributed by atoms with Gasteiger partial charge in [-0.2, -0.15) is 0 Å². The standard InChI is InChI=1S/C26H18Cl5FN2O3/c1-12(35)33-21-4-2-3-20(32)18(21)11-22(36)17-10-16(5-6-19(17)29)34-25(37)24-23(26(24,30)31)13-7-14(27)9-15(28)8-13/h2-10,23-24H,11H2,1H3,(H,33,35)(H,34,37). The number of ketones is 1. The van der Waals surface area contributed by atoms with Crippen molar-refractivity contribution >= 4 is 87.0 Å². The second-order valence-corrected chi connectivity index (χ2v) is 11.3. The molecule has 192 valence electrons. The van der Waals surface area contributed by atoms with E-state index < -0.39 is 39.6 Å². The van der Waals surface area contributed by atoms with E-state index in [4.69, 9.17) is 58.0 Å². The summed E-state index contributed by atoms with van der Waals surface area (Å²) in [6.45, 7) is 1.28. The highest BCUT2D eigenvalue weighted by molar-refractivity contribution is 6.53. The van der Waals surface area contributed by atoms with E-state index in [0.717, 1.165) is 0 Å². The monoisotopic (exact) mass is 600 g/mol. The maximum Gasteiger partial charge on any atom is 0.231 e. The molecule has 0 aromatic heterocycles. The Morgan fingerprint density at radius 2 is 1.62 bits per heavy atom. The molecule has 0 spiro atoms. The molecule has 37 heavy (non-hydrogen) atoms. The van der Waals surface area contributed by atoms with Gasteiger partial charge in [0, 0.05) is 51.8 Å². The van der Waals surface area contributed by atoms with Crippen molar-refractivity contribution in [2.45, 2.75) is 23.6 Å². The molecule has 2 amide bonds. The fourth-order valence-corrected chi connectivity index (χ4v) is 5.75. The molecule has 0 saturated heterocycles. The highest BCUT2D eigenvalue weighted by atomic mass is 35.5. The molecule has 1 aliphatic rings. The minimum Gasteiger partial charge on any atom is -0.326 e. The number of rotatable bonds is 7. The Hall–Kier alpha value is -2.35. The molecule has 4 rings (SSSR count). The van der Waals surface area contributed by atoms with E-state index in [2.05, 4.69) is 10.6 Å². The van der Waals surface area contributed by atoms with Gasteiger partial charge in [-0.25, -0.2) is 4.39 Å². The molecule has 0 bridgehead atoms. The summed E-state index contributed by atoms with van der Waals surface area (Å²) in [5, 5.41) is 6.10. The lowest BCUT2D eigenvalue weighted by Gasteiger charge is -2.12. The first-order valence-corrected chi connectivity index (χ1v) is 12.8. The van der Waals surface area contributed by atoms with Gasteiger partial charge in [-0.3, -0.25) is 14.4 Å². The smallest absolute Gasteiger partial charge is 0.231 e. The fourth-order valence-electron chi connectivity index (χ4n) is 4.16. The number of carbonyl (C=O) groups is 3. The summed E-state index contributed by atoms with van der Waals surface area (Å²) >= 11 is 31.2. The van der Waals surface area contributed by atoms with Crippen LogP contribution in [0, 0.1) is 11.7 Å². The molecule has 3 aromatic carbocycles. The van der Waals surface area contributed by atoms with Crippen LogP contribution in [0.5, 0.6) is 0 Å². The van der Waals surface area contributed by atoms with Crippen LogP contribution in [0.4, 0.5) is 15.8 Å². The lowest BCUT2D eigenvalue weighted by Crippen LogP contribution is -2.18. The van der Waals surface area contributed by atoms with Gasteiger partial charge in [0.2, 0.25) is 11.8 Å². The minimum absolute atomic E-state index is 0.0169. The van der Waals surface area contributed by atoms with Crippen LogP contribution >= 0.6 is 58.0 Å². The molecule has 11 heteroatoms. The summed E-state index contributed by atoms with van der Waals surface area (Å²) in [5.74, 6) is -3.40. The number of Topliss-reactive ketones (excluding diaryl/α,β-unsaturated/α-hetero) is 1. The summed E-state index contributed by atoms with van der Waals surface area (Å²) in [5.41, 5.74) is 1.15. The third-order valence-corrected chi connectivity index (χ3v) is 7.59. The zero-order valence-electron chi connectivity index (χ0n) is 19.1. The van der Waals surface area contributed by atoms with Gasteiger partial charge in [0.15, 0.2) is 5.78 Å². The van der Waals surface area contributed by atoms with E-state index in [1.807, 2.05) is 0 Å². The molecule has 0 heterocycles. The van der Waals surface area contributed by atoms with Crippen molar-refractivity contribution in [2.24, 2.45) is 5.92 Å². The molecule has 2 atom stereocenters. The van der Waals surface area contributed by atoms with Gasteiger partial charge < -0.3 is 10.6 Å². The van der Waals surface area contributed by atoms with Gasteiger partial charge in [0.25, 0.3) is 0 Å². The molecular formula is C26H18Cl5FN2O3. The lowest BCUT2D eigenvalue weighted by molar-refractivity contribution is -0.117. The summed E-state index contributed by atoms with van der Waals surface area (Å²) < 4.78 is 13.1. The Bertz CT molecular complexity index is 1410. The first-order chi connectivity index (χ1) is 17.4. The van der Waals surface area contributed by atoms with Crippen molar-refractivity contribution < 1.29 is 18.8 Å². The predicted octanol–water partition coefficient (Wildman–Crippen LogP) is 7.70. The van der Waals surface area contributed by atoms with Gasteiger partial charge in [-0.05, 0) is 54.1 Å². The van der Waals surface area contributed by atoms with E-state index in [1.54, 1.807) is 18.2 Å². The highest BCUT2D eigenvalue weighted by Gasteiger charge is 2.67. The van der Waals surface area contributed by atoms with E-state index in [-0.39, 0.29) is 33.9 Å². The molecule has 0 radical (unpaired) electrons. The number of anilines is 2. The number of carbonyl (C=O) groups excluding carboxylic acids is 3. The lowest BCUT2D eigenvalue weighted by atomic mass is 10.0. The molecule has 1 saturated carbocycles. The van der Waals surface area contributed by atoms with E-state index >= 15 is 0 Å². The molecule has 0 aliphatic heterocycles. The topological polar surface area (TPSA) is 75.3 Å². The molecule has 5 nitrogen and oxygen atoms in total. The number of hydrogen-bond acceptors (Lipinski definition) is 3. The van der Waals surface area contributed by atoms with Crippen LogP contribution in [0.2, 0.25) is 15.1 Å². The van der Waals surface area contributed by atoms with Crippen LogP contribution in [-0.4, -0.2) is 21.9 Å². The highest BCUT2D eigenvalue weighted by Crippen LogP contribution is 2.65. The average molecular weight is 603 g/mol. The van der Waals surface area contributed by atoms with Gasteiger partial charge in [-0.1, -0.05) is 40.9 Å². The molecule has 2 N–H and O–H groups in total.